The highest BCUT2D eigenvalue weighted by Crippen LogP contribution is 2.36. The lowest BCUT2D eigenvalue weighted by Gasteiger charge is -2.31. The molecule has 0 atom stereocenters. The minimum absolute atomic E-state index is 0.126. The topological polar surface area (TPSA) is 66.6 Å². The number of carbonyl (C=O) groups is 1. The number of carboxylic acid groups (broad SMARTS) is 1. The van der Waals surface area contributed by atoms with Gasteiger partial charge in [-0.15, -0.1) is 0 Å². The summed E-state index contributed by atoms with van der Waals surface area (Å²) in [7, 11) is 0. The number of nitrogens with two attached hydrogens (primary N) is 1. The smallest absolute Gasteiger partial charge is 0.407 e. The van der Waals surface area contributed by atoms with Gasteiger partial charge in [0.25, 0.3) is 0 Å². The van der Waals surface area contributed by atoms with Gasteiger partial charge in [-0.2, -0.15) is 0 Å². The number of hydrogen-bond acceptors (Lipinski definition) is 2. The molecule has 4 nitrogen and oxygen atoms in total. The summed E-state index contributed by atoms with van der Waals surface area (Å²) in [5.74, 6) is 0. The van der Waals surface area contributed by atoms with Gasteiger partial charge in [0.1, 0.15) is 0 Å². The summed E-state index contributed by atoms with van der Waals surface area (Å²) in [6.07, 6.45) is -0.0927. The predicted molar refractivity (Wildman–Crippen MR) is 78.4 cm³/mol. The van der Waals surface area contributed by atoms with Crippen molar-refractivity contribution < 1.29 is 9.90 Å². The summed E-state index contributed by atoms with van der Waals surface area (Å²) in [6, 6.07) is 4.21. The fourth-order valence-electron chi connectivity index (χ4n) is 2.39. The van der Waals surface area contributed by atoms with E-state index in [1.807, 2.05) is 0 Å². The third-order valence-electron chi connectivity index (χ3n) is 3.85. The van der Waals surface area contributed by atoms with E-state index in [9.17, 15) is 4.79 Å². The Labute approximate surface area is 121 Å². The molecule has 0 aromatic heterocycles. The zero-order valence-corrected chi connectivity index (χ0v) is 12.8. The summed E-state index contributed by atoms with van der Waals surface area (Å²) in [5, 5.41) is 9.12. The maximum absolute atomic E-state index is 11.1. The highest BCUT2D eigenvalue weighted by Gasteiger charge is 2.27. The van der Waals surface area contributed by atoms with E-state index < -0.39 is 6.09 Å². The third-order valence-corrected chi connectivity index (χ3v) is 4.76. The maximum Gasteiger partial charge on any atom is 0.407 e. The molecule has 0 saturated heterocycles. The van der Waals surface area contributed by atoms with Crippen molar-refractivity contribution in [3.63, 3.8) is 0 Å². The van der Waals surface area contributed by atoms with Crippen LogP contribution in [0.5, 0.6) is 0 Å². The Hall–Kier alpha value is -1.07. The molecule has 1 aromatic rings. The minimum Gasteiger partial charge on any atom is -0.465 e. The molecule has 5 heteroatoms. The van der Waals surface area contributed by atoms with Gasteiger partial charge >= 0.3 is 6.09 Å². The van der Waals surface area contributed by atoms with Crippen molar-refractivity contribution in [2.45, 2.75) is 32.2 Å². The summed E-state index contributed by atoms with van der Waals surface area (Å²) >= 11 is 3.65. The maximum atomic E-state index is 11.1. The van der Waals surface area contributed by atoms with Crippen molar-refractivity contribution in [2.24, 2.45) is 5.73 Å². The van der Waals surface area contributed by atoms with E-state index >= 15 is 0 Å². The van der Waals surface area contributed by atoms with Crippen LogP contribution < -0.4 is 5.73 Å². The molecule has 2 rings (SSSR count). The predicted octanol–water partition coefficient (Wildman–Crippen LogP) is 2.72. The third kappa shape index (κ3) is 2.62. The van der Waals surface area contributed by atoms with Crippen molar-refractivity contribution in [3.05, 3.63) is 33.3 Å². The van der Waals surface area contributed by atoms with Crippen LogP contribution in [0.1, 0.15) is 30.5 Å². The van der Waals surface area contributed by atoms with Crippen molar-refractivity contribution in [3.8, 4) is 0 Å². The molecular formula is C14H19BrN2O2. The fourth-order valence-corrected chi connectivity index (χ4v) is 3.44. The van der Waals surface area contributed by atoms with Crippen LogP contribution in [0.25, 0.3) is 0 Å². The lowest BCUT2D eigenvalue weighted by molar-refractivity contribution is 0.139. The molecule has 0 radical (unpaired) electrons. The normalized spacial score (nSPS) is 15.3. The van der Waals surface area contributed by atoms with E-state index in [1.54, 1.807) is 0 Å². The SMILES string of the molecule is CC(C)(CN)c1ccc2c(c1Br)CN(C(=O)O)CC2. The van der Waals surface area contributed by atoms with Gasteiger partial charge in [-0.25, -0.2) is 4.79 Å². The zero-order valence-electron chi connectivity index (χ0n) is 11.2. The molecule has 1 aliphatic heterocycles. The van der Waals surface area contributed by atoms with Gasteiger partial charge in [0.15, 0.2) is 0 Å². The van der Waals surface area contributed by atoms with Crippen LogP contribution in [-0.4, -0.2) is 29.2 Å². The first-order valence-corrected chi connectivity index (χ1v) is 7.15. The average Bonchev–Trinajstić information content (AvgIpc) is 2.38. The molecule has 3 N–H and O–H groups in total. The van der Waals surface area contributed by atoms with E-state index in [0.29, 0.717) is 19.6 Å². The molecule has 0 spiro atoms. The van der Waals surface area contributed by atoms with Gasteiger partial charge in [0.2, 0.25) is 0 Å². The second kappa shape index (κ2) is 5.13. The Kier molecular flexibility index (Phi) is 3.87. The van der Waals surface area contributed by atoms with Crippen LogP contribution in [-0.2, 0) is 18.4 Å². The van der Waals surface area contributed by atoms with Crippen molar-refractivity contribution in [1.82, 2.24) is 4.90 Å². The first-order chi connectivity index (χ1) is 8.86. The molecule has 19 heavy (non-hydrogen) atoms. The zero-order chi connectivity index (χ0) is 14.2. The van der Waals surface area contributed by atoms with Crippen LogP contribution in [0.3, 0.4) is 0 Å². The van der Waals surface area contributed by atoms with E-state index in [2.05, 4.69) is 41.9 Å². The molecular weight excluding hydrogens is 308 g/mol. The van der Waals surface area contributed by atoms with Crippen LogP contribution >= 0.6 is 15.9 Å². The Morgan fingerprint density at radius 2 is 2.21 bits per heavy atom. The largest absolute Gasteiger partial charge is 0.465 e. The summed E-state index contributed by atoms with van der Waals surface area (Å²) in [5.41, 5.74) is 9.15. The summed E-state index contributed by atoms with van der Waals surface area (Å²) < 4.78 is 1.01. The van der Waals surface area contributed by atoms with Crippen LogP contribution in [0.15, 0.2) is 16.6 Å². The molecule has 1 amide bonds. The molecule has 0 bridgehead atoms. The number of halogens is 1. The van der Waals surface area contributed by atoms with Gasteiger partial charge in [-0.05, 0) is 23.1 Å². The monoisotopic (exact) mass is 326 g/mol. The summed E-state index contributed by atoms with van der Waals surface area (Å²) in [4.78, 5) is 12.6. The van der Waals surface area contributed by atoms with Gasteiger partial charge in [0, 0.05) is 23.0 Å². The van der Waals surface area contributed by atoms with Gasteiger partial charge < -0.3 is 15.7 Å². The first kappa shape index (κ1) is 14.3. The fraction of sp³-hybridized carbons (Fsp3) is 0.500. The number of amides is 1. The molecule has 1 heterocycles. The number of nitrogens with zero attached hydrogens (tertiary/aromatic N) is 1. The Balaban J connectivity index is 2.45. The van der Waals surface area contributed by atoms with Gasteiger partial charge in [-0.3, -0.25) is 0 Å². The second-order valence-electron chi connectivity index (χ2n) is 5.61. The molecule has 0 unspecified atom stereocenters. The van der Waals surface area contributed by atoms with Crippen molar-refractivity contribution in [1.29, 1.82) is 0 Å². The van der Waals surface area contributed by atoms with E-state index in [-0.39, 0.29) is 5.41 Å². The average molecular weight is 327 g/mol. The van der Waals surface area contributed by atoms with E-state index in [1.165, 1.54) is 10.5 Å². The minimum atomic E-state index is -0.860. The van der Waals surface area contributed by atoms with Crippen molar-refractivity contribution >= 4 is 22.0 Å². The lowest BCUT2D eigenvalue weighted by atomic mass is 9.82. The molecule has 0 aliphatic carbocycles. The van der Waals surface area contributed by atoms with Crippen LogP contribution in [0.4, 0.5) is 4.79 Å². The Morgan fingerprint density at radius 1 is 1.53 bits per heavy atom. The van der Waals surface area contributed by atoms with Crippen LogP contribution in [0, 0.1) is 0 Å². The Morgan fingerprint density at radius 3 is 2.79 bits per heavy atom. The standard InChI is InChI=1S/C14H19BrN2O2/c1-14(2,8-16)11-4-3-9-5-6-17(13(18)19)7-10(9)12(11)15/h3-4H,5-8,16H2,1-2H3,(H,18,19). The number of fused-ring (bicyclic) bond motifs is 1. The molecule has 0 fully saturated rings. The lowest BCUT2D eigenvalue weighted by Crippen LogP contribution is -2.36. The first-order valence-electron chi connectivity index (χ1n) is 6.35. The second-order valence-corrected chi connectivity index (χ2v) is 6.40. The van der Waals surface area contributed by atoms with Gasteiger partial charge in [-0.1, -0.05) is 41.9 Å². The quantitative estimate of drug-likeness (QED) is 0.878. The number of benzene rings is 1. The summed E-state index contributed by atoms with van der Waals surface area (Å²) in [6.45, 7) is 5.75. The highest BCUT2D eigenvalue weighted by atomic mass is 79.9. The molecule has 104 valence electrons. The van der Waals surface area contributed by atoms with Crippen molar-refractivity contribution in [2.75, 3.05) is 13.1 Å². The van der Waals surface area contributed by atoms with Gasteiger partial charge in [0.05, 0.1) is 6.54 Å². The van der Waals surface area contributed by atoms with Crippen LogP contribution in [0.2, 0.25) is 0 Å². The molecule has 0 saturated carbocycles. The Bertz CT molecular complexity index is 514. The number of hydrogen-bond donors (Lipinski definition) is 2. The highest BCUT2D eigenvalue weighted by molar-refractivity contribution is 9.10. The molecule has 1 aliphatic rings. The molecule has 1 aromatic carbocycles. The van der Waals surface area contributed by atoms with E-state index in [0.717, 1.165) is 22.0 Å². The van der Waals surface area contributed by atoms with E-state index in [4.69, 9.17) is 10.8 Å². The number of rotatable bonds is 2.